The minimum Gasteiger partial charge on any atom is -0.285 e. The van der Waals surface area contributed by atoms with E-state index < -0.39 is 0 Å². The Morgan fingerprint density at radius 3 is 2.40 bits per heavy atom. The molecule has 0 aromatic heterocycles. The molecule has 1 fully saturated rings. The zero-order chi connectivity index (χ0) is 10.8. The Morgan fingerprint density at radius 2 is 1.93 bits per heavy atom. The summed E-state index contributed by atoms with van der Waals surface area (Å²) >= 11 is 0. The summed E-state index contributed by atoms with van der Waals surface area (Å²) in [6.07, 6.45) is 1.72. The maximum atomic E-state index is 11.3. The fraction of sp³-hybridized carbons (Fsp3) is 0.0909. The average Bonchev–Trinajstić information content (AvgIpc) is 2.58. The fourth-order valence-corrected chi connectivity index (χ4v) is 1.44. The highest BCUT2D eigenvalue weighted by molar-refractivity contribution is 6.12. The van der Waals surface area contributed by atoms with E-state index in [1.54, 1.807) is 18.2 Å². The highest BCUT2D eigenvalue weighted by atomic mass is 16.2. The Balaban J connectivity index is 2.26. The van der Waals surface area contributed by atoms with Crippen molar-refractivity contribution in [3.05, 3.63) is 36.4 Å². The summed E-state index contributed by atoms with van der Waals surface area (Å²) in [6, 6.07) is 6.90. The third kappa shape index (κ3) is 1.74. The topological polar surface area (TPSA) is 49.4 Å². The lowest BCUT2D eigenvalue weighted by Crippen LogP contribution is -2.27. The summed E-state index contributed by atoms with van der Waals surface area (Å²) in [5, 5.41) is 2.22. The van der Waals surface area contributed by atoms with Crippen LogP contribution in [0, 0.1) is 0 Å². The number of rotatable bonds is 2. The van der Waals surface area contributed by atoms with E-state index in [0.29, 0.717) is 5.69 Å². The second-order valence-electron chi connectivity index (χ2n) is 3.24. The van der Waals surface area contributed by atoms with Gasteiger partial charge in [0.1, 0.15) is 6.54 Å². The van der Waals surface area contributed by atoms with Crippen LogP contribution >= 0.6 is 0 Å². The summed E-state index contributed by atoms with van der Waals surface area (Å²) in [5.41, 5.74) is 1.69. The van der Waals surface area contributed by atoms with E-state index in [0.717, 1.165) is 5.56 Å². The Kier molecular flexibility index (Phi) is 2.25. The van der Waals surface area contributed by atoms with Crippen molar-refractivity contribution in [3.8, 4) is 0 Å². The number of nitrogens with one attached hydrogen (secondary N) is 1. The van der Waals surface area contributed by atoms with Gasteiger partial charge in [-0.1, -0.05) is 24.8 Å². The molecule has 1 N–H and O–H groups in total. The van der Waals surface area contributed by atoms with Crippen molar-refractivity contribution in [3.63, 3.8) is 0 Å². The molecule has 1 aromatic rings. The van der Waals surface area contributed by atoms with Crippen LogP contribution in [0.3, 0.4) is 0 Å². The number of benzene rings is 1. The number of carbonyl (C=O) groups excluding carboxylic acids is 2. The fourth-order valence-electron chi connectivity index (χ4n) is 1.44. The van der Waals surface area contributed by atoms with Crippen LogP contribution in [0.2, 0.25) is 0 Å². The molecule has 76 valence electrons. The molecule has 0 unspecified atom stereocenters. The number of amides is 3. The van der Waals surface area contributed by atoms with Crippen molar-refractivity contribution in [2.45, 2.75) is 0 Å². The molecule has 0 bridgehead atoms. The molecule has 4 nitrogen and oxygen atoms in total. The highest BCUT2D eigenvalue weighted by Gasteiger charge is 2.27. The van der Waals surface area contributed by atoms with E-state index in [1.807, 2.05) is 12.1 Å². The molecular formula is C11H10N2O2. The molecular weight excluding hydrogens is 192 g/mol. The van der Waals surface area contributed by atoms with Gasteiger partial charge in [0.05, 0.1) is 0 Å². The van der Waals surface area contributed by atoms with Gasteiger partial charge < -0.3 is 0 Å². The van der Waals surface area contributed by atoms with Gasteiger partial charge in [0.15, 0.2) is 0 Å². The SMILES string of the molecule is C=Cc1ccc(N2CC(=O)NC2=O)cc1. The van der Waals surface area contributed by atoms with Crippen molar-refractivity contribution in [1.29, 1.82) is 0 Å². The number of carbonyl (C=O) groups is 2. The Hall–Kier alpha value is -2.10. The highest BCUT2D eigenvalue weighted by Crippen LogP contribution is 2.17. The number of anilines is 1. The van der Waals surface area contributed by atoms with Crippen LogP contribution in [-0.4, -0.2) is 18.5 Å². The Bertz CT molecular complexity index is 423. The van der Waals surface area contributed by atoms with Gasteiger partial charge in [0.2, 0.25) is 5.91 Å². The molecule has 3 amide bonds. The van der Waals surface area contributed by atoms with Crippen LogP contribution in [0.4, 0.5) is 10.5 Å². The molecule has 0 spiro atoms. The van der Waals surface area contributed by atoms with Crippen LogP contribution < -0.4 is 10.2 Å². The number of urea groups is 1. The summed E-state index contributed by atoms with van der Waals surface area (Å²) in [5.74, 6) is -0.271. The number of hydrogen-bond donors (Lipinski definition) is 1. The van der Waals surface area contributed by atoms with Crippen LogP contribution in [0.15, 0.2) is 30.8 Å². The predicted molar refractivity (Wildman–Crippen MR) is 57.4 cm³/mol. The maximum Gasteiger partial charge on any atom is 0.329 e. The van der Waals surface area contributed by atoms with Crippen molar-refractivity contribution < 1.29 is 9.59 Å². The Labute approximate surface area is 87.2 Å². The van der Waals surface area contributed by atoms with Crippen molar-refractivity contribution in [1.82, 2.24) is 5.32 Å². The Morgan fingerprint density at radius 1 is 1.27 bits per heavy atom. The van der Waals surface area contributed by atoms with Crippen LogP contribution in [0.25, 0.3) is 6.08 Å². The van der Waals surface area contributed by atoms with E-state index in [2.05, 4.69) is 11.9 Å². The van der Waals surface area contributed by atoms with Crippen LogP contribution in [-0.2, 0) is 4.79 Å². The van der Waals surface area contributed by atoms with Gasteiger partial charge in [-0.3, -0.25) is 15.0 Å². The molecule has 1 aromatic carbocycles. The third-order valence-corrected chi connectivity index (χ3v) is 2.23. The normalized spacial score (nSPS) is 15.3. The van der Waals surface area contributed by atoms with Gasteiger partial charge in [-0.25, -0.2) is 4.79 Å². The molecule has 0 saturated carbocycles. The average molecular weight is 202 g/mol. The lowest BCUT2D eigenvalue weighted by Gasteiger charge is -2.12. The summed E-state index contributed by atoms with van der Waals surface area (Å²) in [7, 11) is 0. The van der Waals surface area contributed by atoms with Crippen molar-refractivity contribution >= 4 is 23.7 Å². The lowest BCUT2D eigenvalue weighted by atomic mass is 10.2. The molecule has 4 heteroatoms. The first-order valence-electron chi connectivity index (χ1n) is 4.54. The molecule has 0 radical (unpaired) electrons. The van der Waals surface area contributed by atoms with Crippen LogP contribution in [0.5, 0.6) is 0 Å². The smallest absolute Gasteiger partial charge is 0.285 e. The lowest BCUT2D eigenvalue weighted by molar-refractivity contribution is -0.117. The zero-order valence-electron chi connectivity index (χ0n) is 8.06. The van der Waals surface area contributed by atoms with E-state index in [-0.39, 0.29) is 18.5 Å². The van der Waals surface area contributed by atoms with Crippen molar-refractivity contribution in [2.24, 2.45) is 0 Å². The molecule has 1 aliphatic rings. The number of nitrogens with zero attached hydrogens (tertiary/aromatic N) is 1. The van der Waals surface area contributed by atoms with E-state index in [4.69, 9.17) is 0 Å². The minimum absolute atomic E-state index is 0.0896. The largest absolute Gasteiger partial charge is 0.329 e. The molecule has 1 heterocycles. The van der Waals surface area contributed by atoms with Gasteiger partial charge in [-0.05, 0) is 17.7 Å². The molecule has 0 atom stereocenters. The van der Waals surface area contributed by atoms with Gasteiger partial charge in [0.25, 0.3) is 0 Å². The molecule has 1 aliphatic heterocycles. The first kappa shape index (κ1) is 9.45. The number of hydrogen-bond acceptors (Lipinski definition) is 2. The quantitative estimate of drug-likeness (QED) is 0.736. The van der Waals surface area contributed by atoms with Gasteiger partial charge >= 0.3 is 6.03 Å². The first-order chi connectivity index (χ1) is 7.20. The third-order valence-electron chi connectivity index (χ3n) is 2.23. The summed E-state index contributed by atoms with van der Waals surface area (Å²) in [4.78, 5) is 23.7. The minimum atomic E-state index is -0.369. The van der Waals surface area contributed by atoms with E-state index in [1.165, 1.54) is 4.90 Å². The van der Waals surface area contributed by atoms with Crippen molar-refractivity contribution in [2.75, 3.05) is 11.4 Å². The van der Waals surface area contributed by atoms with E-state index in [9.17, 15) is 9.59 Å². The van der Waals surface area contributed by atoms with E-state index >= 15 is 0 Å². The predicted octanol–water partition coefficient (Wildman–Crippen LogP) is 1.39. The first-order valence-corrected chi connectivity index (χ1v) is 4.54. The summed E-state index contributed by atoms with van der Waals surface area (Å²) < 4.78 is 0. The number of imide groups is 1. The zero-order valence-corrected chi connectivity index (χ0v) is 8.06. The molecule has 15 heavy (non-hydrogen) atoms. The van der Waals surface area contributed by atoms with Gasteiger partial charge in [0, 0.05) is 5.69 Å². The standard InChI is InChI=1S/C11H10N2O2/c1-2-8-3-5-9(6-4-8)13-7-10(14)12-11(13)15/h2-6H,1,7H2,(H,12,14,15). The molecule has 2 rings (SSSR count). The van der Waals surface area contributed by atoms with Gasteiger partial charge in [-0.2, -0.15) is 0 Å². The van der Waals surface area contributed by atoms with Crippen LogP contribution in [0.1, 0.15) is 5.56 Å². The van der Waals surface area contributed by atoms with Gasteiger partial charge in [-0.15, -0.1) is 0 Å². The second kappa shape index (κ2) is 3.57. The molecule has 1 saturated heterocycles. The molecule has 0 aliphatic carbocycles. The second-order valence-corrected chi connectivity index (χ2v) is 3.24. The maximum absolute atomic E-state index is 11.3. The summed E-state index contributed by atoms with van der Waals surface area (Å²) in [6.45, 7) is 3.73. The monoisotopic (exact) mass is 202 g/mol.